The van der Waals surface area contributed by atoms with Crippen LogP contribution in [0, 0.1) is 0 Å². The molecule has 0 radical (unpaired) electrons. The Morgan fingerprint density at radius 2 is 1.38 bits per heavy atom. The first-order valence-corrected chi connectivity index (χ1v) is 9.85. The van der Waals surface area contributed by atoms with E-state index in [1.54, 1.807) is 19.2 Å². The van der Waals surface area contributed by atoms with Crippen LogP contribution in [0.5, 0.6) is 5.75 Å². The molecule has 3 aromatic carbocycles. The van der Waals surface area contributed by atoms with Crippen molar-refractivity contribution in [1.29, 1.82) is 0 Å². The predicted octanol–water partition coefficient (Wildman–Crippen LogP) is 3.88. The zero-order valence-corrected chi connectivity index (χ0v) is 15.4. The van der Waals surface area contributed by atoms with E-state index in [0.29, 0.717) is 13.0 Å². The van der Waals surface area contributed by atoms with Crippen LogP contribution in [0.25, 0.3) is 11.1 Å². The van der Waals surface area contributed by atoms with Gasteiger partial charge in [-0.3, -0.25) is 0 Å². The monoisotopic (exact) mass is 367 g/mol. The van der Waals surface area contributed by atoms with Gasteiger partial charge in [0.2, 0.25) is 10.0 Å². The zero-order chi connectivity index (χ0) is 18.4. The van der Waals surface area contributed by atoms with Crippen molar-refractivity contribution in [3.8, 4) is 16.9 Å². The van der Waals surface area contributed by atoms with E-state index in [1.807, 2.05) is 66.7 Å². The molecule has 0 atom stereocenters. The van der Waals surface area contributed by atoms with E-state index >= 15 is 0 Å². The molecule has 0 aliphatic carbocycles. The molecule has 0 saturated carbocycles. The minimum atomic E-state index is -3.51. The third-order valence-corrected chi connectivity index (χ3v) is 5.61. The highest BCUT2D eigenvalue weighted by Crippen LogP contribution is 2.23. The van der Waals surface area contributed by atoms with Gasteiger partial charge in [0.15, 0.2) is 0 Å². The highest BCUT2D eigenvalue weighted by atomic mass is 32.2. The van der Waals surface area contributed by atoms with Crippen molar-refractivity contribution in [2.45, 2.75) is 11.3 Å². The van der Waals surface area contributed by atoms with E-state index in [9.17, 15) is 8.42 Å². The predicted molar refractivity (Wildman–Crippen MR) is 104 cm³/mol. The molecule has 134 valence electrons. The van der Waals surface area contributed by atoms with Crippen molar-refractivity contribution in [3.05, 3.63) is 84.4 Å². The second kappa shape index (κ2) is 8.17. The quantitative estimate of drug-likeness (QED) is 0.689. The molecule has 1 N–H and O–H groups in total. The number of rotatable bonds is 7. The molecule has 0 saturated heterocycles. The maximum absolute atomic E-state index is 12.4. The van der Waals surface area contributed by atoms with Gasteiger partial charge >= 0.3 is 0 Å². The van der Waals surface area contributed by atoms with Crippen LogP contribution in [0.15, 0.2) is 83.8 Å². The first kappa shape index (κ1) is 18.2. The average Bonchev–Trinajstić information content (AvgIpc) is 2.69. The summed E-state index contributed by atoms with van der Waals surface area (Å²) in [6.45, 7) is 0.368. The summed E-state index contributed by atoms with van der Waals surface area (Å²) in [5, 5.41) is 0. The fraction of sp³-hybridized carbons (Fsp3) is 0.143. The molecule has 3 rings (SSSR count). The van der Waals surface area contributed by atoms with Gasteiger partial charge in [-0.25, -0.2) is 13.1 Å². The lowest BCUT2D eigenvalue weighted by atomic mass is 10.1. The van der Waals surface area contributed by atoms with Crippen LogP contribution in [0.3, 0.4) is 0 Å². The Balaban J connectivity index is 1.66. The fourth-order valence-electron chi connectivity index (χ4n) is 2.67. The number of hydrogen-bond donors (Lipinski definition) is 1. The van der Waals surface area contributed by atoms with Crippen LogP contribution >= 0.6 is 0 Å². The van der Waals surface area contributed by atoms with E-state index in [0.717, 1.165) is 22.4 Å². The van der Waals surface area contributed by atoms with E-state index < -0.39 is 10.0 Å². The van der Waals surface area contributed by atoms with Crippen molar-refractivity contribution in [1.82, 2.24) is 4.72 Å². The number of methoxy groups -OCH3 is 1. The van der Waals surface area contributed by atoms with Gasteiger partial charge in [-0.1, -0.05) is 54.6 Å². The van der Waals surface area contributed by atoms with Gasteiger partial charge in [0.05, 0.1) is 12.0 Å². The normalized spacial score (nSPS) is 11.3. The summed E-state index contributed by atoms with van der Waals surface area (Å²) in [5.74, 6) is 0.788. The van der Waals surface area contributed by atoms with Gasteiger partial charge < -0.3 is 4.74 Å². The van der Waals surface area contributed by atoms with Crippen molar-refractivity contribution >= 4 is 10.0 Å². The zero-order valence-electron chi connectivity index (χ0n) is 14.6. The van der Waals surface area contributed by atoms with Gasteiger partial charge in [0, 0.05) is 6.54 Å². The summed E-state index contributed by atoms with van der Waals surface area (Å²) in [5.41, 5.74) is 3.06. The number of sulfonamides is 1. The Morgan fingerprint density at radius 3 is 1.96 bits per heavy atom. The smallest absolute Gasteiger partial charge is 0.240 e. The summed E-state index contributed by atoms with van der Waals surface area (Å²) < 4.78 is 32.7. The summed E-state index contributed by atoms with van der Waals surface area (Å²) in [6.07, 6.45) is 0.657. The molecule has 5 heteroatoms. The Kier molecular flexibility index (Phi) is 5.71. The number of benzene rings is 3. The van der Waals surface area contributed by atoms with E-state index in [-0.39, 0.29) is 4.90 Å². The lowest BCUT2D eigenvalue weighted by Crippen LogP contribution is -2.25. The van der Waals surface area contributed by atoms with Crippen LogP contribution < -0.4 is 9.46 Å². The molecule has 0 aliphatic rings. The van der Waals surface area contributed by atoms with Crippen molar-refractivity contribution in [2.75, 3.05) is 13.7 Å². The molecular weight excluding hydrogens is 346 g/mol. The molecule has 0 aromatic heterocycles. The molecule has 0 aliphatic heterocycles. The van der Waals surface area contributed by atoms with E-state index in [4.69, 9.17) is 4.74 Å². The van der Waals surface area contributed by atoms with Gasteiger partial charge in [0.25, 0.3) is 0 Å². The van der Waals surface area contributed by atoms with Crippen molar-refractivity contribution in [2.24, 2.45) is 0 Å². The number of nitrogens with one attached hydrogen (secondary N) is 1. The van der Waals surface area contributed by atoms with Gasteiger partial charge in [-0.15, -0.1) is 0 Å². The second-order valence-electron chi connectivity index (χ2n) is 5.89. The highest BCUT2D eigenvalue weighted by molar-refractivity contribution is 7.89. The molecular formula is C21H21NO3S. The molecule has 0 unspecified atom stereocenters. The third-order valence-electron chi connectivity index (χ3n) is 4.14. The minimum Gasteiger partial charge on any atom is -0.497 e. The van der Waals surface area contributed by atoms with Gasteiger partial charge in [-0.2, -0.15) is 0 Å². The molecule has 26 heavy (non-hydrogen) atoms. The van der Waals surface area contributed by atoms with Crippen LogP contribution in [0.2, 0.25) is 0 Å². The molecule has 0 spiro atoms. The summed E-state index contributed by atoms with van der Waals surface area (Å²) in [6, 6.07) is 24.3. The highest BCUT2D eigenvalue weighted by Gasteiger charge is 2.13. The maximum atomic E-state index is 12.4. The molecule has 0 bridgehead atoms. The van der Waals surface area contributed by atoms with Crippen LogP contribution in [0.4, 0.5) is 0 Å². The number of ether oxygens (including phenoxy) is 1. The Bertz CT molecular complexity index is 935. The Hall–Kier alpha value is -2.63. The summed E-state index contributed by atoms with van der Waals surface area (Å²) in [7, 11) is -1.89. The minimum absolute atomic E-state index is 0.267. The van der Waals surface area contributed by atoms with Gasteiger partial charge in [-0.05, 0) is 47.4 Å². The van der Waals surface area contributed by atoms with E-state index in [1.165, 1.54) is 0 Å². The first-order valence-electron chi connectivity index (χ1n) is 8.36. The first-order chi connectivity index (χ1) is 12.6. The van der Waals surface area contributed by atoms with Crippen LogP contribution in [0.1, 0.15) is 5.56 Å². The molecule has 0 heterocycles. The van der Waals surface area contributed by atoms with E-state index in [2.05, 4.69) is 4.72 Å². The van der Waals surface area contributed by atoms with Crippen molar-refractivity contribution < 1.29 is 13.2 Å². The molecule has 4 nitrogen and oxygen atoms in total. The SMILES string of the molecule is COc1ccc(-c2ccc(S(=O)(=O)NCCc3ccccc3)cc2)cc1. The third kappa shape index (κ3) is 4.50. The van der Waals surface area contributed by atoms with Crippen LogP contribution in [-0.4, -0.2) is 22.1 Å². The Morgan fingerprint density at radius 1 is 0.808 bits per heavy atom. The lowest BCUT2D eigenvalue weighted by Gasteiger charge is -2.08. The summed E-state index contributed by atoms with van der Waals surface area (Å²) in [4.78, 5) is 0.267. The summed E-state index contributed by atoms with van der Waals surface area (Å²) >= 11 is 0. The largest absolute Gasteiger partial charge is 0.497 e. The number of hydrogen-bond acceptors (Lipinski definition) is 3. The average molecular weight is 367 g/mol. The van der Waals surface area contributed by atoms with Crippen molar-refractivity contribution in [3.63, 3.8) is 0 Å². The second-order valence-corrected chi connectivity index (χ2v) is 7.65. The fourth-order valence-corrected chi connectivity index (χ4v) is 3.70. The molecule has 0 amide bonds. The lowest BCUT2D eigenvalue weighted by molar-refractivity contribution is 0.415. The van der Waals surface area contributed by atoms with Gasteiger partial charge in [0.1, 0.15) is 5.75 Å². The molecule has 0 fully saturated rings. The topological polar surface area (TPSA) is 55.4 Å². The van der Waals surface area contributed by atoms with Crippen LogP contribution in [-0.2, 0) is 16.4 Å². The standard InChI is InChI=1S/C21H21NO3S/c1-25-20-11-7-18(8-12-20)19-9-13-21(14-10-19)26(23,24)22-16-15-17-5-3-2-4-6-17/h2-14,22H,15-16H2,1H3. The Labute approximate surface area is 154 Å². The molecule has 3 aromatic rings. The maximum Gasteiger partial charge on any atom is 0.240 e.